The highest BCUT2D eigenvalue weighted by Crippen LogP contribution is 2.33. The number of nitrogens with zero attached hydrogens (tertiary/aromatic N) is 2. The van der Waals surface area contributed by atoms with Gasteiger partial charge in [-0.05, 0) is 29.5 Å². The summed E-state index contributed by atoms with van der Waals surface area (Å²) in [6.07, 6.45) is 1.43. The molecular weight excluding hydrogens is 463 g/mol. The van der Waals surface area contributed by atoms with Gasteiger partial charge in [0.1, 0.15) is 11.1 Å². The fourth-order valence-electron chi connectivity index (χ4n) is 2.61. The van der Waals surface area contributed by atoms with Crippen molar-refractivity contribution in [3.8, 4) is 6.07 Å². The number of allylic oxidation sites excluding steroid dienone is 2. The summed E-state index contributed by atoms with van der Waals surface area (Å²) in [7, 11) is -5.53. The summed E-state index contributed by atoms with van der Waals surface area (Å²) in [6.45, 7) is 1.74. The molecule has 0 saturated carbocycles. The minimum absolute atomic E-state index is 0.107. The molecule has 0 aliphatic carbocycles. The Morgan fingerprint density at radius 1 is 1.03 bits per heavy atom. The smallest absolute Gasteiger partial charge is 0.263 e. The topological polar surface area (TPSA) is 79.5 Å². The highest BCUT2D eigenvalue weighted by Gasteiger charge is 2.35. The highest BCUT2D eigenvalue weighted by molar-refractivity contribution is 8.17. The van der Waals surface area contributed by atoms with Crippen molar-refractivity contribution in [3.05, 3.63) is 81.5 Å². The third-order valence-corrected chi connectivity index (χ3v) is 6.00. The van der Waals surface area contributed by atoms with Crippen LogP contribution in [0.25, 0.3) is 5.57 Å². The van der Waals surface area contributed by atoms with Gasteiger partial charge in [0.25, 0.3) is 0 Å². The molecular formula is C19H9F5N2O3S2. The molecule has 0 atom stereocenters. The second-order valence-electron chi connectivity index (χ2n) is 5.96. The molecule has 0 spiro atoms. The molecule has 2 aromatic carbocycles. The lowest BCUT2D eigenvalue weighted by molar-refractivity contribution is 0.319. The number of oxime groups is 1. The molecule has 0 N–H and O–H groups in total. The van der Waals surface area contributed by atoms with Crippen molar-refractivity contribution in [2.24, 2.45) is 5.16 Å². The number of aryl methyl sites for hydroxylation is 1. The van der Waals surface area contributed by atoms with E-state index in [9.17, 15) is 35.6 Å². The lowest BCUT2D eigenvalue weighted by Gasteiger charge is -2.09. The van der Waals surface area contributed by atoms with Crippen molar-refractivity contribution in [1.82, 2.24) is 0 Å². The number of hydrogen-bond donors (Lipinski definition) is 0. The molecule has 2 aromatic rings. The first kappa shape index (κ1) is 22.5. The van der Waals surface area contributed by atoms with Gasteiger partial charge in [-0.1, -0.05) is 41.2 Å². The van der Waals surface area contributed by atoms with Gasteiger partial charge in [-0.25, -0.2) is 22.0 Å². The van der Waals surface area contributed by atoms with Crippen LogP contribution < -0.4 is 0 Å². The van der Waals surface area contributed by atoms with Gasteiger partial charge in [-0.15, -0.1) is 0 Å². The maximum atomic E-state index is 13.8. The van der Waals surface area contributed by atoms with Gasteiger partial charge in [0.15, 0.2) is 28.2 Å². The zero-order chi connectivity index (χ0) is 22.9. The van der Waals surface area contributed by atoms with Crippen molar-refractivity contribution in [2.75, 3.05) is 0 Å². The van der Waals surface area contributed by atoms with Crippen molar-refractivity contribution in [3.63, 3.8) is 0 Å². The lowest BCUT2D eigenvalue weighted by Crippen LogP contribution is -2.14. The highest BCUT2D eigenvalue weighted by atomic mass is 32.2. The van der Waals surface area contributed by atoms with E-state index in [1.54, 1.807) is 31.2 Å². The van der Waals surface area contributed by atoms with E-state index < -0.39 is 44.1 Å². The Hall–Kier alpha value is -3.17. The Kier molecular flexibility index (Phi) is 6.19. The summed E-state index contributed by atoms with van der Waals surface area (Å²) < 4.78 is 96.0. The van der Waals surface area contributed by atoms with Crippen molar-refractivity contribution in [1.29, 1.82) is 5.26 Å². The lowest BCUT2D eigenvalue weighted by atomic mass is 9.97. The summed E-state index contributed by atoms with van der Waals surface area (Å²) >= 11 is 0.823. The summed E-state index contributed by atoms with van der Waals surface area (Å²) in [5.74, 6) is -12.6. The third-order valence-electron chi connectivity index (χ3n) is 4.08. The molecule has 0 radical (unpaired) electrons. The molecule has 5 nitrogen and oxygen atoms in total. The van der Waals surface area contributed by atoms with Crippen LogP contribution in [0.4, 0.5) is 22.0 Å². The summed E-state index contributed by atoms with van der Waals surface area (Å²) in [4.78, 5) is -2.17. The van der Waals surface area contributed by atoms with Gasteiger partial charge >= 0.3 is 10.1 Å². The van der Waals surface area contributed by atoms with Crippen molar-refractivity contribution in [2.45, 2.75) is 11.8 Å². The molecule has 1 heterocycles. The first-order valence-electron chi connectivity index (χ1n) is 8.17. The second-order valence-corrected chi connectivity index (χ2v) is 8.32. The number of halogens is 5. The molecule has 0 unspecified atom stereocenters. The number of rotatable bonds is 4. The Morgan fingerprint density at radius 2 is 1.61 bits per heavy atom. The van der Waals surface area contributed by atoms with Crippen LogP contribution in [0.1, 0.15) is 11.1 Å². The summed E-state index contributed by atoms with van der Waals surface area (Å²) in [5.41, 5.74) is 1.50. The van der Waals surface area contributed by atoms with Crippen LogP contribution in [0.5, 0.6) is 0 Å². The normalized spacial score (nSPS) is 16.5. The molecule has 160 valence electrons. The molecule has 1 aliphatic heterocycles. The van der Waals surface area contributed by atoms with E-state index in [2.05, 4.69) is 9.44 Å². The van der Waals surface area contributed by atoms with E-state index in [4.69, 9.17) is 0 Å². The molecule has 1 aliphatic rings. The summed E-state index contributed by atoms with van der Waals surface area (Å²) in [5, 5.41) is 14.1. The Bertz CT molecular complexity index is 1300. The van der Waals surface area contributed by atoms with Crippen LogP contribution in [0.3, 0.4) is 0 Å². The quantitative estimate of drug-likeness (QED) is 0.207. The SMILES string of the molecule is Cc1ccccc1C(C#N)=C1C=CSC1=NOS(=O)(=O)c1c(F)c(F)c(F)c(F)c1F. The minimum atomic E-state index is -5.53. The number of benzene rings is 2. The van der Waals surface area contributed by atoms with Gasteiger partial charge in [0, 0.05) is 5.57 Å². The predicted octanol–water partition coefficient (Wildman–Crippen LogP) is 4.95. The monoisotopic (exact) mass is 472 g/mol. The molecule has 0 amide bonds. The van der Waals surface area contributed by atoms with Gasteiger partial charge < -0.3 is 0 Å². The largest absolute Gasteiger partial charge is 0.364 e. The van der Waals surface area contributed by atoms with Crippen LogP contribution in [0.15, 0.2) is 51.4 Å². The maximum Gasteiger partial charge on any atom is 0.364 e. The van der Waals surface area contributed by atoms with E-state index in [0.717, 1.165) is 17.3 Å². The van der Waals surface area contributed by atoms with E-state index >= 15 is 0 Å². The van der Waals surface area contributed by atoms with Crippen LogP contribution in [-0.4, -0.2) is 13.5 Å². The molecule has 0 saturated heterocycles. The van der Waals surface area contributed by atoms with Crippen LogP contribution in [0, 0.1) is 47.3 Å². The van der Waals surface area contributed by atoms with Crippen LogP contribution in [-0.2, 0) is 14.4 Å². The average Bonchev–Trinajstić information content (AvgIpc) is 3.19. The maximum absolute atomic E-state index is 13.8. The third kappa shape index (κ3) is 4.06. The Morgan fingerprint density at radius 3 is 2.19 bits per heavy atom. The molecule has 0 aromatic heterocycles. The number of hydrogen-bond acceptors (Lipinski definition) is 6. The van der Waals surface area contributed by atoms with Crippen molar-refractivity contribution >= 4 is 32.5 Å². The van der Waals surface area contributed by atoms with Gasteiger partial charge in [-0.3, -0.25) is 4.28 Å². The summed E-state index contributed by atoms with van der Waals surface area (Å²) in [6, 6.07) is 8.76. The van der Waals surface area contributed by atoms with E-state index in [-0.39, 0.29) is 16.2 Å². The Labute approximate surface area is 177 Å². The molecule has 0 fully saturated rings. The first-order chi connectivity index (χ1) is 14.6. The zero-order valence-corrected chi connectivity index (χ0v) is 16.9. The molecule has 31 heavy (non-hydrogen) atoms. The second kappa shape index (κ2) is 8.52. The molecule has 12 heteroatoms. The van der Waals surface area contributed by atoms with Crippen LogP contribution in [0.2, 0.25) is 0 Å². The zero-order valence-electron chi connectivity index (χ0n) is 15.3. The predicted molar refractivity (Wildman–Crippen MR) is 102 cm³/mol. The van der Waals surface area contributed by atoms with E-state index in [1.165, 1.54) is 11.5 Å². The number of nitriles is 1. The minimum Gasteiger partial charge on any atom is -0.263 e. The first-order valence-corrected chi connectivity index (χ1v) is 10.5. The van der Waals surface area contributed by atoms with Gasteiger partial charge in [0.05, 0.1) is 5.57 Å². The average molecular weight is 472 g/mol. The van der Waals surface area contributed by atoms with Gasteiger partial charge in [-0.2, -0.15) is 13.7 Å². The van der Waals surface area contributed by atoms with E-state index in [1.807, 2.05) is 6.07 Å². The fraction of sp³-hybridized carbons (Fsp3) is 0.0526. The standard InChI is InChI=1S/C19H9F5N2O3S2/c1-9-4-2-3-5-10(9)12(8-25)11-6-7-30-19(11)26-29-31(27,28)18-16(23)14(21)13(20)15(22)17(18)24/h2-7H,1H3. The fourth-order valence-corrected chi connectivity index (χ4v) is 4.23. The van der Waals surface area contributed by atoms with Crippen LogP contribution >= 0.6 is 11.8 Å². The number of thioether (sulfide) groups is 1. The van der Waals surface area contributed by atoms with Crippen molar-refractivity contribution < 1.29 is 34.7 Å². The van der Waals surface area contributed by atoms with Gasteiger partial charge in [0.2, 0.25) is 5.82 Å². The molecule has 3 rings (SSSR count). The molecule has 0 bridgehead atoms. The Balaban J connectivity index is 2.06. The van der Waals surface area contributed by atoms with E-state index in [0.29, 0.717) is 5.56 Å².